The molecule has 1 saturated heterocycles. The molecule has 25 heavy (non-hydrogen) atoms. The Hall–Kier alpha value is -1.52. The van der Waals surface area contributed by atoms with Crippen molar-refractivity contribution < 1.29 is 27.1 Å². The predicted octanol–water partition coefficient (Wildman–Crippen LogP) is 2.57. The Morgan fingerprint density at radius 1 is 1.24 bits per heavy atom. The first kappa shape index (κ1) is 19.8. The maximum atomic E-state index is 13.8. The van der Waals surface area contributed by atoms with Gasteiger partial charge in [0.2, 0.25) is 0 Å². The van der Waals surface area contributed by atoms with Crippen LogP contribution in [0.5, 0.6) is 0 Å². The van der Waals surface area contributed by atoms with Gasteiger partial charge in [0.05, 0.1) is 13.2 Å². The van der Waals surface area contributed by atoms with Gasteiger partial charge >= 0.3 is 11.5 Å². The second-order valence-electron chi connectivity index (χ2n) is 5.36. The van der Waals surface area contributed by atoms with Crippen molar-refractivity contribution >= 4 is 17.8 Å². The van der Waals surface area contributed by atoms with E-state index in [0.29, 0.717) is 26.3 Å². The molecule has 1 heterocycles. The van der Waals surface area contributed by atoms with E-state index in [2.05, 4.69) is 15.5 Å². The predicted molar refractivity (Wildman–Crippen MR) is 85.8 cm³/mol. The van der Waals surface area contributed by atoms with Gasteiger partial charge in [0, 0.05) is 43.2 Å². The molecule has 1 aliphatic heterocycles. The number of nitrogens with one attached hydrogen (secondary N) is 2. The van der Waals surface area contributed by atoms with Gasteiger partial charge in [0.1, 0.15) is 5.82 Å². The van der Waals surface area contributed by atoms with E-state index in [9.17, 15) is 22.4 Å². The van der Waals surface area contributed by atoms with Crippen molar-refractivity contribution in [1.29, 1.82) is 0 Å². The smallest absolute Gasteiger partial charge is 0.379 e. The summed E-state index contributed by atoms with van der Waals surface area (Å²) in [5.74, 6) is -0.789. The number of halogens is 4. The van der Waals surface area contributed by atoms with Crippen LogP contribution in [0, 0.1) is 5.82 Å². The summed E-state index contributed by atoms with van der Waals surface area (Å²) < 4.78 is 55.8. The van der Waals surface area contributed by atoms with Gasteiger partial charge in [-0.05, 0) is 23.9 Å². The zero-order valence-corrected chi connectivity index (χ0v) is 14.2. The zero-order valence-electron chi connectivity index (χ0n) is 13.4. The minimum absolute atomic E-state index is 0.105. The molecule has 2 amide bonds. The Bertz CT molecular complexity index is 580. The van der Waals surface area contributed by atoms with Crippen molar-refractivity contribution in [2.45, 2.75) is 16.9 Å². The highest BCUT2D eigenvalue weighted by Gasteiger charge is 2.29. The van der Waals surface area contributed by atoms with Gasteiger partial charge in [0.15, 0.2) is 0 Å². The monoisotopic (exact) mass is 381 g/mol. The largest absolute Gasteiger partial charge is 0.446 e. The fraction of sp³-hybridized carbons (Fsp3) is 0.533. The number of amides is 2. The Labute approximate surface area is 147 Å². The lowest BCUT2D eigenvalue weighted by molar-refractivity contribution is -0.0328. The van der Waals surface area contributed by atoms with Crippen LogP contribution in [0.2, 0.25) is 0 Å². The van der Waals surface area contributed by atoms with Gasteiger partial charge in [-0.1, -0.05) is 6.07 Å². The Morgan fingerprint density at radius 3 is 2.60 bits per heavy atom. The van der Waals surface area contributed by atoms with Crippen LogP contribution < -0.4 is 10.6 Å². The minimum atomic E-state index is -4.47. The first-order valence-corrected chi connectivity index (χ1v) is 8.51. The SMILES string of the molecule is O=C(NCCN1CCOCC1)NCc1ccc(SC(F)(F)F)cc1F. The molecule has 140 valence electrons. The van der Waals surface area contributed by atoms with Crippen molar-refractivity contribution in [1.82, 2.24) is 15.5 Å². The van der Waals surface area contributed by atoms with Gasteiger partial charge < -0.3 is 15.4 Å². The summed E-state index contributed by atoms with van der Waals surface area (Å²) in [4.78, 5) is 13.6. The van der Waals surface area contributed by atoms with Gasteiger partial charge in [-0.15, -0.1) is 0 Å². The number of hydrogen-bond acceptors (Lipinski definition) is 4. The molecule has 0 bridgehead atoms. The second-order valence-corrected chi connectivity index (χ2v) is 6.50. The van der Waals surface area contributed by atoms with E-state index in [1.54, 1.807) is 0 Å². The molecule has 0 aliphatic carbocycles. The summed E-state index contributed by atoms with van der Waals surface area (Å²) >= 11 is -0.381. The van der Waals surface area contributed by atoms with Crippen LogP contribution in [-0.4, -0.2) is 55.8 Å². The number of thioether (sulfide) groups is 1. The fourth-order valence-corrected chi connectivity index (χ4v) is 2.82. The Morgan fingerprint density at radius 2 is 1.96 bits per heavy atom. The highest BCUT2D eigenvalue weighted by molar-refractivity contribution is 8.00. The van der Waals surface area contributed by atoms with Crippen molar-refractivity contribution in [3.8, 4) is 0 Å². The molecule has 1 aliphatic rings. The summed E-state index contributed by atoms with van der Waals surface area (Å²) in [5.41, 5.74) is -4.35. The molecule has 10 heteroatoms. The maximum Gasteiger partial charge on any atom is 0.446 e. The zero-order chi connectivity index (χ0) is 18.3. The molecule has 0 aromatic heterocycles. The van der Waals surface area contributed by atoms with Crippen molar-refractivity contribution in [3.05, 3.63) is 29.6 Å². The molecule has 0 unspecified atom stereocenters. The van der Waals surface area contributed by atoms with Gasteiger partial charge in [-0.2, -0.15) is 13.2 Å². The van der Waals surface area contributed by atoms with E-state index < -0.39 is 17.4 Å². The standard InChI is InChI=1S/C15H19F4N3O2S/c16-13-9-12(25-15(17,18)19)2-1-11(13)10-21-14(23)20-3-4-22-5-7-24-8-6-22/h1-2,9H,3-8,10H2,(H2,20,21,23). The van der Waals surface area contributed by atoms with Crippen molar-refractivity contribution in [3.63, 3.8) is 0 Å². The number of rotatable bonds is 6. The number of carbonyl (C=O) groups is 1. The maximum absolute atomic E-state index is 13.8. The molecule has 2 N–H and O–H groups in total. The van der Waals surface area contributed by atoms with Crippen LogP contribution in [0.15, 0.2) is 23.1 Å². The Kier molecular flexibility index (Phi) is 7.33. The molecule has 0 radical (unpaired) electrons. The number of morpholine rings is 1. The third-order valence-electron chi connectivity index (χ3n) is 3.51. The van der Waals surface area contributed by atoms with Crippen molar-refractivity contribution in [2.24, 2.45) is 0 Å². The molecule has 1 fully saturated rings. The van der Waals surface area contributed by atoms with Gasteiger partial charge in [0.25, 0.3) is 0 Å². The minimum Gasteiger partial charge on any atom is -0.379 e. The van der Waals surface area contributed by atoms with E-state index in [0.717, 1.165) is 19.2 Å². The van der Waals surface area contributed by atoms with Crippen LogP contribution in [0.25, 0.3) is 0 Å². The van der Waals surface area contributed by atoms with Crippen LogP contribution in [0.1, 0.15) is 5.56 Å². The highest BCUT2D eigenvalue weighted by atomic mass is 32.2. The molecule has 0 atom stereocenters. The van der Waals surface area contributed by atoms with E-state index >= 15 is 0 Å². The molecular formula is C15H19F4N3O2S. The molecule has 1 aromatic rings. The van der Waals surface area contributed by atoms with Gasteiger partial charge in [-0.3, -0.25) is 4.90 Å². The van der Waals surface area contributed by atoms with E-state index in [1.165, 1.54) is 12.1 Å². The number of urea groups is 1. The van der Waals surface area contributed by atoms with Crippen LogP contribution in [-0.2, 0) is 11.3 Å². The average molecular weight is 381 g/mol. The van der Waals surface area contributed by atoms with Crippen molar-refractivity contribution in [2.75, 3.05) is 39.4 Å². The molecule has 2 rings (SSSR count). The molecule has 1 aromatic carbocycles. The van der Waals surface area contributed by atoms with E-state index in [4.69, 9.17) is 4.74 Å². The lowest BCUT2D eigenvalue weighted by Crippen LogP contribution is -2.43. The molecular weight excluding hydrogens is 362 g/mol. The second kappa shape index (κ2) is 9.25. The van der Waals surface area contributed by atoms with Crippen LogP contribution in [0.3, 0.4) is 0 Å². The average Bonchev–Trinajstić information content (AvgIpc) is 2.53. The van der Waals surface area contributed by atoms with E-state index in [1.807, 2.05) is 0 Å². The molecule has 0 saturated carbocycles. The number of ether oxygens (including phenoxy) is 1. The number of alkyl halides is 3. The molecule has 0 spiro atoms. The number of carbonyl (C=O) groups excluding carboxylic acids is 1. The highest BCUT2D eigenvalue weighted by Crippen LogP contribution is 2.37. The fourth-order valence-electron chi connectivity index (χ4n) is 2.26. The van der Waals surface area contributed by atoms with Gasteiger partial charge in [-0.25, -0.2) is 9.18 Å². The third-order valence-corrected chi connectivity index (χ3v) is 4.24. The third kappa shape index (κ3) is 7.49. The topological polar surface area (TPSA) is 53.6 Å². The first-order valence-electron chi connectivity index (χ1n) is 7.69. The number of benzene rings is 1. The lowest BCUT2D eigenvalue weighted by atomic mass is 10.2. The Balaban J connectivity index is 1.71. The molecule has 5 nitrogen and oxygen atoms in total. The summed E-state index contributed by atoms with van der Waals surface area (Å²) in [6.07, 6.45) is 0. The summed E-state index contributed by atoms with van der Waals surface area (Å²) in [6.45, 7) is 4.01. The quantitative estimate of drug-likeness (QED) is 0.588. The summed E-state index contributed by atoms with van der Waals surface area (Å²) in [5, 5.41) is 5.14. The summed E-state index contributed by atoms with van der Waals surface area (Å²) in [7, 11) is 0. The first-order chi connectivity index (χ1) is 11.8. The number of hydrogen-bond donors (Lipinski definition) is 2. The van der Waals surface area contributed by atoms with Crippen LogP contribution in [0.4, 0.5) is 22.4 Å². The number of nitrogens with zero attached hydrogens (tertiary/aromatic N) is 1. The lowest BCUT2D eigenvalue weighted by Gasteiger charge is -2.26. The van der Waals surface area contributed by atoms with Crippen LogP contribution >= 0.6 is 11.8 Å². The normalized spacial score (nSPS) is 15.8. The summed E-state index contributed by atoms with van der Waals surface area (Å²) in [6, 6.07) is 2.76. The van der Waals surface area contributed by atoms with E-state index in [-0.39, 0.29) is 28.8 Å².